The van der Waals surface area contributed by atoms with Crippen molar-refractivity contribution < 1.29 is 0 Å². The van der Waals surface area contributed by atoms with Gasteiger partial charge in [0.05, 0.1) is 5.69 Å². The third-order valence-electron chi connectivity index (χ3n) is 3.82. The van der Waals surface area contributed by atoms with Gasteiger partial charge in [-0.25, -0.2) is 0 Å². The number of halogens is 1. The molecule has 1 fully saturated rings. The highest BCUT2D eigenvalue weighted by molar-refractivity contribution is 6.18. The van der Waals surface area contributed by atoms with E-state index in [0.717, 1.165) is 12.2 Å². The Morgan fingerprint density at radius 2 is 2.12 bits per heavy atom. The van der Waals surface area contributed by atoms with E-state index in [2.05, 4.69) is 23.3 Å². The molecule has 1 saturated carbocycles. The number of aromatic nitrogens is 1. The maximum Gasteiger partial charge on any atom is 0.0570 e. The first-order valence-electron chi connectivity index (χ1n) is 6.47. The van der Waals surface area contributed by atoms with Gasteiger partial charge in [0.1, 0.15) is 0 Å². The van der Waals surface area contributed by atoms with Crippen LogP contribution in [-0.2, 0) is 6.54 Å². The van der Waals surface area contributed by atoms with Crippen LogP contribution in [0.15, 0.2) is 18.3 Å². The molecule has 1 aliphatic carbocycles. The zero-order valence-electron chi connectivity index (χ0n) is 10.5. The molecule has 94 valence electrons. The van der Waals surface area contributed by atoms with E-state index in [0.29, 0.717) is 5.88 Å². The summed E-state index contributed by atoms with van der Waals surface area (Å²) in [4.78, 5) is 4.42. The molecule has 1 aliphatic rings. The lowest BCUT2D eigenvalue weighted by molar-refractivity contribution is 0.255. The predicted octanol–water partition coefficient (Wildman–Crippen LogP) is 3.42. The van der Waals surface area contributed by atoms with Gasteiger partial charge in [-0.3, -0.25) is 4.98 Å². The first kappa shape index (κ1) is 12.8. The van der Waals surface area contributed by atoms with Crippen LogP contribution in [0.25, 0.3) is 0 Å². The molecule has 0 saturated heterocycles. The van der Waals surface area contributed by atoms with E-state index < -0.39 is 0 Å². The number of rotatable bonds is 4. The van der Waals surface area contributed by atoms with Gasteiger partial charge < -0.3 is 5.32 Å². The molecule has 1 aromatic rings. The molecule has 0 aromatic carbocycles. The van der Waals surface area contributed by atoms with Crippen molar-refractivity contribution in [3.05, 3.63) is 29.6 Å². The summed E-state index contributed by atoms with van der Waals surface area (Å²) in [5.41, 5.74) is 2.53. The third kappa shape index (κ3) is 3.20. The first-order valence-corrected chi connectivity index (χ1v) is 7.01. The van der Waals surface area contributed by atoms with Gasteiger partial charge in [-0.05, 0) is 31.4 Å². The molecule has 17 heavy (non-hydrogen) atoms. The van der Waals surface area contributed by atoms with Crippen LogP contribution in [-0.4, -0.2) is 16.4 Å². The van der Waals surface area contributed by atoms with Crippen molar-refractivity contribution in [2.45, 2.75) is 51.1 Å². The zero-order chi connectivity index (χ0) is 12.1. The maximum absolute atomic E-state index is 6.16. The van der Waals surface area contributed by atoms with Gasteiger partial charge in [-0.2, -0.15) is 0 Å². The fraction of sp³-hybridized carbons (Fsp3) is 0.643. The van der Waals surface area contributed by atoms with Gasteiger partial charge >= 0.3 is 0 Å². The van der Waals surface area contributed by atoms with Gasteiger partial charge in [-0.15, -0.1) is 11.6 Å². The zero-order valence-corrected chi connectivity index (χ0v) is 11.3. The first-order chi connectivity index (χ1) is 8.26. The van der Waals surface area contributed by atoms with Crippen molar-refractivity contribution in [2.24, 2.45) is 0 Å². The lowest BCUT2D eigenvalue weighted by Gasteiger charge is -2.36. The van der Waals surface area contributed by atoms with Crippen molar-refractivity contribution in [3.8, 4) is 0 Å². The number of nitrogens with one attached hydrogen (secondary N) is 1. The summed E-state index contributed by atoms with van der Waals surface area (Å²) >= 11 is 6.16. The van der Waals surface area contributed by atoms with Gasteiger partial charge in [0.25, 0.3) is 0 Å². The lowest BCUT2D eigenvalue weighted by Crippen LogP contribution is -2.48. The molecule has 0 atom stereocenters. The van der Waals surface area contributed by atoms with E-state index >= 15 is 0 Å². The van der Waals surface area contributed by atoms with E-state index in [1.807, 2.05) is 12.3 Å². The molecule has 3 heteroatoms. The monoisotopic (exact) mass is 252 g/mol. The summed E-state index contributed by atoms with van der Waals surface area (Å²) < 4.78 is 0. The molecule has 1 aromatic heterocycles. The molecule has 0 radical (unpaired) electrons. The summed E-state index contributed by atoms with van der Waals surface area (Å²) in [6, 6.07) is 4.09. The highest BCUT2D eigenvalue weighted by Crippen LogP contribution is 2.29. The highest BCUT2D eigenvalue weighted by Gasteiger charge is 2.30. The molecule has 0 amide bonds. The van der Waals surface area contributed by atoms with E-state index in [9.17, 15) is 0 Å². The van der Waals surface area contributed by atoms with Crippen LogP contribution in [0, 0.1) is 6.92 Å². The molecule has 0 spiro atoms. The Kier molecular flexibility index (Phi) is 4.41. The minimum Gasteiger partial charge on any atom is -0.304 e. The summed E-state index contributed by atoms with van der Waals surface area (Å²) in [7, 11) is 0. The minimum atomic E-state index is 0.143. The minimum absolute atomic E-state index is 0.143. The summed E-state index contributed by atoms with van der Waals surface area (Å²) in [6.45, 7) is 2.94. The molecule has 0 unspecified atom stereocenters. The standard InChI is InChI=1S/C14H21ClN2/c1-12-6-5-9-16-13(12)10-17-14(11-15)7-3-2-4-8-14/h5-6,9,17H,2-4,7-8,10-11H2,1H3. The van der Waals surface area contributed by atoms with Crippen LogP contribution < -0.4 is 5.32 Å². The second kappa shape index (κ2) is 5.83. The largest absolute Gasteiger partial charge is 0.304 e. The fourth-order valence-electron chi connectivity index (χ4n) is 2.56. The molecule has 2 rings (SSSR count). The maximum atomic E-state index is 6.16. The Morgan fingerprint density at radius 1 is 1.35 bits per heavy atom. The Balaban J connectivity index is 1.98. The number of hydrogen-bond donors (Lipinski definition) is 1. The molecule has 2 nitrogen and oxygen atoms in total. The Hall–Kier alpha value is -0.600. The summed E-state index contributed by atoms with van der Waals surface area (Å²) in [5, 5.41) is 3.65. The average molecular weight is 253 g/mol. The van der Waals surface area contributed by atoms with Crippen LogP contribution in [0.2, 0.25) is 0 Å². The molecule has 0 aliphatic heterocycles. The van der Waals surface area contributed by atoms with Crippen LogP contribution in [0.5, 0.6) is 0 Å². The Labute approximate surface area is 109 Å². The molecule has 0 bridgehead atoms. The van der Waals surface area contributed by atoms with Crippen LogP contribution in [0.4, 0.5) is 0 Å². The van der Waals surface area contributed by atoms with Crippen LogP contribution in [0.1, 0.15) is 43.4 Å². The summed E-state index contributed by atoms with van der Waals surface area (Å²) in [6.07, 6.45) is 8.19. The third-order valence-corrected chi connectivity index (χ3v) is 4.33. The molecule has 1 heterocycles. The van der Waals surface area contributed by atoms with E-state index in [4.69, 9.17) is 11.6 Å². The van der Waals surface area contributed by atoms with E-state index in [1.165, 1.54) is 37.7 Å². The topological polar surface area (TPSA) is 24.9 Å². The van der Waals surface area contributed by atoms with Gasteiger partial charge in [0.2, 0.25) is 0 Å². The molecule has 1 N–H and O–H groups in total. The summed E-state index contributed by atoms with van der Waals surface area (Å²) in [5.74, 6) is 0.707. The predicted molar refractivity (Wildman–Crippen MR) is 72.3 cm³/mol. The lowest BCUT2D eigenvalue weighted by atomic mass is 9.83. The van der Waals surface area contributed by atoms with E-state index in [-0.39, 0.29) is 5.54 Å². The normalized spacial score (nSPS) is 19.2. The number of alkyl halides is 1. The van der Waals surface area contributed by atoms with E-state index in [1.54, 1.807) is 0 Å². The quantitative estimate of drug-likeness (QED) is 0.831. The van der Waals surface area contributed by atoms with Crippen molar-refractivity contribution in [2.75, 3.05) is 5.88 Å². The second-order valence-electron chi connectivity index (χ2n) is 5.10. The number of aryl methyl sites for hydroxylation is 1. The molecular weight excluding hydrogens is 232 g/mol. The smallest absolute Gasteiger partial charge is 0.0570 e. The van der Waals surface area contributed by atoms with Crippen molar-refractivity contribution >= 4 is 11.6 Å². The SMILES string of the molecule is Cc1cccnc1CNC1(CCl)CCCCC1. The van der Waals surface area contributed by atoms with Crippen molar-refractivity contribution in [1.29, 1.82) is 0 Å². The van der Waals surface area contributed by atoms with Crippen LogP contribution in [0.3, 0.4) is 0 Å². The molecular formula is C14H21ClN2. The van der Waals surface area contributed by atoms with Gasteiger partial charge in [0, 0.05) is 24.2 Å². The van der Waals surface area contributed by atoms with Gasteiger partial charge in [0.15, 0.2) is 0 Å². The van der Waals surface area contributed by atoms with Crippen molar-refractivity contribution in [1.82, 2.24) is 10.3 Å². The Morgan fingerprint density at radius 3 is 2.76 bits per heavy atom. The fourth-order valence-corrected chi connectivity index (χ4v) is 2.92. The number of hydrogen-bond acceptors (Lipinski definition) is 2. The van der Waals surface area contributed by atoms with Crippen molar-refractivity contribution in [3.63, 3.8) is 0 Å². The number of pyridine rings is 1. The average Bonchev–Trinajstić information content (AvgIpc) is 2.39. The Bertz CT molecular complexity index is 359. The number of nitrogens with zero attached hydrogens (tertiary/aromatic N) is 1. The second-order valence-corrected chi connectivity index (χ2v) is 5.36. The van der Waals surface area contributed by atoms with Gasteiger partial charge in [-0.1, -0.05) is 25.3 Å². The highest BCUT2D eigenvalue weighted by atomic mass is 35.5. The van der Waals surface area contributed by atoms with Crippen LogP contribution >= 0.6 is 11.6 Å².